The first-order valence-electron chi connectivity index (χ1n) is 8.46. The Morgan fingerprint density at radius 1 is 0.958 bits per heavy atom. The molecule has 0 spiro atoms. The van der Waals surface area contributed by atoms with E-state index in [0.29, 0.717) is 5.75 Å². The van der Waals surface area contributed by atoms with Crippen molar-refractivity contribution in [1.82, 2.24) is 0 Å². The van der Waals surface area contributed by atoms with Gasteiger partial charge in [0.25, 0.3) is 0 Å². The Morgan fingerprint density at radius 3 is 2.33 bits per heavy atom. The Bertz CT molecular complexity index is 692. The molecule has 2 N–H and O–H groups in total. The van der Waals surface area contributed by atoms with Crippen LogP contribution >= 0.6 is 0 Å². The number of likely N-dealkylation sites (tertiary alicyclic amines) is 1. The molecule has 5 nitrogen and oxygen atoms in total. The lowest BCUT2D eigenvalue weighted by molar-refractivity contribution is -0.918. The van der Waals surface area contributed by atoms with Crippen LogP contribution in [0.15, 0.2) is 52.7 Å². The fraction of sp³-hybridized carbons (Fsp3) is 0.368. The predicted molar refractivity (Wildman–Crippen MR) is 93.5 cm³/mol. The number of rotatable bonds is 5. The molecule has 0 aromatic heterocycles. The summed E-state index contributed by atoms with van der Waals surface area (Å²) in [5, 5.41) is 18.7. The van der Waals surface area contributed by atoms with Crippen LogP contribution in [0.1, 0.15) is 24.8 Å². The lowest BCUT2D eigenvalue weighted by atomic mass is 10.1. The molecule has 0 amide bonds. The van der Waals surface area contributed by atoms with Gasteiger partial charge in [-0.2, -0.15) is 10.2 Å². The first-order valence-corrected chi connectivity index (χ1v) is 8.46. The van der Waals surface area contributed by atoms with E-state index in [4.69, 9.17) is 4.74 Å². The molecule has 0 atom stereocenters. The van der Waals surface area contributed by atoms with Crippen LogP contribution in [0.25, 0.3) is 0 Å². The molecular weight excluding hydrogens is 302 g/mol. The molecule has 3 rings (SSSR count). The van der Waals surface area contributed by atoms with Gasteiger partial charge in [0.2, 0.25) is 0 Å². The normalized spacial score (nSPS) is 15.7. The van der Waals surface area contributed by atoms with Crippen LogP contribution in [0.4, 0.5) is 11.4 Å². The highest BCUT2D eigenvalue weighted by Gasteiger charge is 2.16. The maximum atomic E-state index is 10.1. The van der Waals surface area contributed by atoms with E-state index in [2.05, 4.69) is 10.2 Å². The number of aromatic hydroxyl groups is 1. The van der Waals surface area contributed by atoms with Gasteiger partial charge in [-0.25, -0.2) is 0 Å². The second-order valence-electron chi connectivity index (χ2n) is 6.20. The van der Waals surface area contributed by atoms with Crippen molar-refractivity contribution in [3.05, 3.63) is 48.0 Å². The average Bonchev–Trinajstić information content (AvgIpc) is 2.63. The Hall–Kier alpha value is -2.40. The molecule has 2 aromatic carbocycles. The molecule has 1 aliphatic heterocycles. The first kappa shape index (κ1) is 16.5. The lowest BCUT2D eigenvalue weighted by Crippen LogP contribution is -3.11. The number of quaternary nitrogens is 1. The molecule has 0 bridgehead atoms. The van der Waals surface area contributed by atoms with Gasteiger partial charge in [0.15, 0.2) is 0 Å². The quantitative estimate of drug-likeness (QED) is 0.828. The number of phenols is 1. The summed E-state index contributed by atoms with van der Waals surface area (Å²) in [4.78, 5) is 1.53. The zero-order valence-corrected chi connectivity index (χ0v) is 14.0. The van der Waals surface area contributed by atoms with Gasteiger partial charge in [0.05, 0.1) is 37.1 Å². The van der Waals surface area contributed by atoms with Gasteiger partial charge >= 0.3 is 0 Å². The topological polar surface area (TPSA) is 58.6 Å². The van der Waals surface area contributed by atoms with E-state index in [-0.39, 0.29) is 0 Å². The highest BCUT2D eigenvalue weighted by molar-refractivity contribution is 5.47. The van der Waals surface area contributed by atoms with Crippen LogP contribution in [0.3, 0.4) is 0 Å². The zero-order chi connectivity index (χ0) is 16.8. The van der Waals surface area contributed by atoms with E-state index in [1.807, 2.05) is 30.3 Å². The van der Waals surface area contributed by atoms with E-state index >= 15 is 0 Å². The smallest absolute Gasteiger partial charge is 0.124 e. The maximum absolute atomic E-state index is 10.1. The Kier molecular flexibility index (Phi) is 5.43. The fourth-order valence-corrected chi connectivity index (χ4v) is 3.04. The van der Waals surface area contributed by atoms with E-state index < -0.39 is 0 Å². The molecule has 24 heavy (non-hydrogen) atoms. The average molecular weight is 326 g/mol. The largest absolute Gasteiger partial charge is 0.507 e. The summed E-state index contributed by atoms with van der Waals surface area (Å²) in [5.41, 5.74) is 2.47. The van der Waals surface area contributed by atoms with Crippen LogP contribution in [0.5, 0.6) is 11.5 Å². The second-order valence-corrected chi connectivity index (χ2v) is 6.20. The van der Waals surface area contributed by atoms with Crippen molar-refractivity contribution in [3.8, 4) is 11.5 Å². The van der Waals surface area contributed by atoms with Crippen LogP contribution in [-0.2, 0) is 6.54 Å². The van der Waals surface area contributed by atoms with Gasteiger partial charge < -0.3 is 14.7 Å². The summed E-state index contributed by atoms with van der Waals surface area (Å²) in [6.45, 7) is 3.20. The van der Waals surface area contributed by atoms with Gasteiger partial charge in [-0.3, -0.25) is 0 Å². The number of ether oxygens (including phenoxy) is 1. The molecule has 1 aliphatic rings. The minimum atomic E-state index is 0.344. The number of hydrogen-bond acceptors (Lipinski definition) is 4. The number of methoxy groups -OCH3 is 1. The monoisotopic (exact) mass is 326 g/mol. The number of hydrogen-bond donors (Lipinski definition) is 2. The minimum absolute atomic E-state index is 0.344. The van der Waals surface area contributed by atoms with E-state index in [0.717, 1.165) is 29.2 Å². The molecule has 1 saturated heterocycles. The first-order chi connectivity index (χ1) is 11.7. The molecule has 2 aromatic rings. The highest BCUT2D eigenvalue weighted by Crippen LogP contribution is 2.25. The summed E-state index contributed by atoms with van der Waals surface area (Å²) >= 11 is 0. The fourth-order valence-electron chi connectivity index (χ4n) is 3.04. The predicted octanol–water partition coefficient (Wildman–Crippen LogP) is 3.39. The Morgan fingerprint density at radius 2 is 1.62 bits per heavy atom. The second kappa shape index (κ2) is 7.93. The molecule has 1 heterocycles. The summed E-state index contributed by atoms with van der Waals surface area (Å²) in [6.07, 6.45) is 3.87. The van der Waals surface area contributed by atoms with E-state index in [1.54, 1.807) is 19.2 Å². The summed E-state index contributed by atoms with van der Waals surface area (Å²) in [5.74, 6) is 1.14. The van der Waals surface area contributed by atoms with Crippen molar-refractivity contribution >= 4 is 11.4 Å². The van der Waals surface area contributed by atoms with Crippen molar-refractivity contribution in [1.29, 1.82) is 0 Å². The third kappa shape index (κ3) is 4.32. The van der Waals surface area contributed by atoms with Gasteiger partial charge in [0.1, 0.15) is 18.0 Å². The molecule has 0 aliphatic carbocycles. The highest BCUT2D eigenvalue weighted by atomic mass is 16.5. The summed E-state index contributed by atoms with van der Waals surface area (Å²) < 4.78 is 5.13. The van der Waals surface area contributed by atoms with Crippen molar-refractivity contribution in [2.45, 2.75) is 25.8 Å². The van der Waals surface area contributed by atoms with E-state index in [9.17, 15) is 5.11 Å². The van der Waals surface area contributed by atoms with Crippen LogP contribution in [0.2, 0.25) is 0 Å². The number of phenolic OH excluding ortho intramolecular Hbond substituents is 1. The molecule has 5 heteroatoms. The third-order valence-corrected chi connectivity index (χ3v) is 4.42. The van der Waals surface area contributed by atoms with Crippen LogP contribution in [-0.4, -0.2) is 25.3 Å². The van der Waals surface area contributed by atoms with Gasteiger partial charge in [-0.15, -0.1) is 0 Å². The summed E-state index contributed by atoms with van der Waals surface area (Å²) in [6, 6.07) is 12.9. The number of piperidine rings is 1. The van der Waals surface area contributed by atoms with E-state index in [1.165, 1.54) is 37.3 Å². The minimum Gasteiger partial charge on any atom is -0.507 e. The maximum Gasteiger partial charge on any atom is 0.124 e. The van der Waals surface area contributed by atoms with Gasteiger partial charge in [-0.05, 0) is 61.7 Å². The number of nitrogens with one attached hydrogen (secondary N) is 1. The number of nitrogens with zero attached hydrogens (tertiary/aromatic N) is 2. The molecule has 1 fully saturated rings. The standard InChI is InChI=1S/C19H23N3O2/c1-24-18-8-5-16(6-9-18)20-21-17-7-10-19(23)15(13-17)14-22-11-3-2-4-12-22/h5-10,13,23H,2-4,11-12,14H2,1H3/p+1. The number of azo groups is 1. The van der Waals surface area contributed by atoms with Crippen molar-refractivity contribution in [2.75, 3.05) is 20.2 Å². The van der Waals surface area contributed by atoms with Gasteiger partial charge in [-0.1, -0.05) is 0 Å². The third-order valence-electron chi connectivity index (χ3n) is 4.42. The lowest BCUT2D eigenvalue weighted by Gasteiger charge is -2.23. The van der Waals surface area contributed by atoms with Crippen LogP contribution < -0.4 is 9.64 Å². The SMILES string of the molecule is COc1ccc(N=Nc2ccc(O)c(C[NH+]3CCCCC3)c2)cc1. The number of benzene rings is 2. The molecule has 0 unspecified atom stereocenters. The summed E-state index contributed by atoms with van der Waals surface area (Å²) in [7, 11) is 1.64. The molecule has 0 saturated carbocycles. The molecule has 0 radical (unpaired) electrons. The Balaban J connectivity index is 1.70. The van der Waals surface area contributed by atoms with Crippen LogP contribution in [0, 0.1) is 0 Å². The Labute approximate surface area is 142 Å². The van der Waals surface area contributed by atoms with Crippen molar-refractivity contribution in [3.63, 3.8) is 0 Å². The molecule has 126 valence electrons. The van der Waals surface area contributed by atoms with Gasteiger partial charge in [0, 0.05) is 0 Å². The zero-order valence-electron chi connectivity index (χ0n) is 14.0. The molecular formula is C19H24N3O2+. The van der Waals surface area contributed by atoms with Crippen molar-refractivity contribution in [2.24, 2.45) is 10.2 Å². The van der Waals surface area contributed by atoms with Crippen molar-refractivity contribution < 1.29 is 14.7 Å².